The summed E-state index contributed by atoms with van der Waals surface area (Å²) in [4.78, 5) is 14.0. The van der Waals surface area contributed by atoms with Gasteiger partial charge in [0.2, 0.25) is 0 Å². The summed E-state index contributed by atoms with van der Waals surface area (Å²) in [7, 11) is 0. The van der Waals surface area contributed by atoms with Crippen LogP contribution in [0, 0.1) is 0 Å². The Hall–Kier alpha value is -2.99. The van der Waals surface area contributed by atoms with Crippen molar-refractivity contribution in [3.8, 4) is 11.5 Å². The fourth-order valence-electron chi connectivity index (χ4n) is 4.20. The summed E-state index contributed by atoms with van der Waals surface area (Å²) in [5, 5.41) is 4.14. The number of quaternary nitrogens is 1. The molecular weight excluding hydrogens is 392 g/mol. The lowest BCUT2D eigenvalue weighted by molar-refractivity contribution is -0.908. The number of ether oxygens (including phenoxy) is 2. The van der Waals surface area contributed by atoms with Crippen molar-refractivity contribution in [1.82, 2.24) is 5.32 Å². The minimum absolute atomic E-state index is 0.0300. The summed E-state index contributed by atoms with van der Waals surface area (Å²) in [5.41, 5.74) is 3.35. The summed E-state index contributed by atoms with van der Waals surface area (Å²) >= 11 is 0. The average Bonchev–Trinajstić information content (AvgIpc) is 3.19. The van der Waals surface area contributed by atoms with Crippen molar-refractivity contribution >= 4 is 16.9 Å². The minimum Gasteiger partial charge on any atom is -0.490 e. The average molecular weight is 424 g/mol. The van der Waals surface area contributed by atoms with Crippen molar-refractivity contribution in [2.24, 2.45) is 0 Å². The molecule has 1 unspecified atom stereocenters. The van der Waals surface area contributed by atoms with Gasteiger partial charge in [-0.15, -0.1) is 0 Å². The summed E-state index contributed by atoms with van der Waals surface area (Å²) in [6, 6.07) is 13.9. The third kappa shape index (κ3) is 4.85. The van der Waals surface area contributed by atoms with Gasteiger partial charge < -0.3 is 24.1 Å². The van der Waals surface area contributed by atoms with Gasteiger partial charge >= 0.3 is 0 Å². The van der Waals surface area contributed by atoms with Gasteiger partial charge in [0, 0.05) is 17.4 Å². The molecule has 0 aliphatic carbocycles. The van der Waals surface area contributed by atoms with Crippen LogP contribution >= 0.6 is 0 Å². The maximum atomic E-state index is 12.7. The zero-order chi connectivity index (χ0) is 21.8. The normalized spacial score (nSPS) is 16.5. The van der Waals surface area contributed by atoms with Crippen molar-refractivity contribution in [2.75, 3.05) is 26.3 Å². The highest BCUT2D eigenvalue weighted by Crippen LogP contribution is 2.32. The van der Waals surface area contributed by atoms with Gasteiger partial charge in [0.25, 0.3) is 5.91 Å². The lowest BCUT2D eigenvalue weighted by Gasteiger charge is -2.27. The maximum absolute atomic E-state index is 12.7. The van der Waals surface area contributed by atoms with Crippen LogP contribution in [0.5, 0.6) is 11.5 Å². The van der Waals surface area contributed by atoms with E-state index >= 15 is 0 Å². The topological polar surface area (TPSA) is 65.1 Å². The molecule has 31 heavy (non-hydrogen) atoms. The molecule has 2 heterocycles. The number of hydrogen-bond acceptors (Lipinski definition) is 4. The highest BCUT2D eigenvalue weighted by molar-refractivity contribution is 5.79. The van der Waals surface area contributed by atoms with Crippen LogP contribution in [0.15, 0.2) is 46.9 Å². The Morgan fingerprint density at radius 2 is 1.81 bits per heavy atom. The van der Waals surface area contributed by atoms with Gasteiger partial charge in [-0.05, 0) is 50.6 Å². The standard InChI is InChI=1S/C25H30N2O4/c1-4-29-23-12-18-10-11-27(15-20(18)14-24(23)30-5-2)16-25(28)26-17(3)22-13-19-8-6-7-9-21(19)31-22/h6-9,12-14,17H,4-5,10-11,15-16H2,1-3H3,(H,26,28)/p+1/t17-/m0/s1. The SMILES string of the molecule is CCOc1cc2c(cc1OCC)C[NH+](CC(=O)N[C@@H](C)c1cc3ccccc3o1)CC2. The number of furan rings is 1. The van der Waals surface area contributed by atoms with Gasteiger partial charge in [0.05, 0.1) is 25.8 Å². The van der Waals surface area contributed by atoms with Crippen molar-refractivity contribution in [2.45, 2.75) is 39.8 Å². The summed E-state index contributed by atoms with van der Waals surface area (Å²) in [6.07, 6.45) is 0.920. The van der Waals surface area contributed by atoms with Crippen LogP contribution in [0.3, 0.4) is 0 Å². The number of hydrogen-bond donors (Lipinski definition) is 2. The molecule has 1 aliphatic heterocycles. The molecule has 0 spiro atoms. The highest BCUT2D eigenvalue weighted by atomic mass is 16.5. The van der Waals surface area contributed by atoms with E-state index in [1.807, 2.05) is 51.1 Å². The van der Waals surface area contributed by atoms with Crippen LogP contribution in [-0.2, 0) is 17.8 Å². The fourth-order valence-corrected chi connectivity index (χ4v) is 4.20. The third-order valence-corrected chi connectivity index (χ3v) is 5.71. The molecule has 2 N–H and O–H groups in total. The molecule has 1 aromatic heterocycles. The molecule has 3 aromatic rings. The van der Waals surface area contributed by atoms with E-state index in [-0.39, 0.29) is 11.9 Å². The van der Waals surface area contributed by atoms with Crippen LogP contribution in [0.25, 0.3) is 11.0 Å². The Labute approximate surface area is 183 Å². The molecular formula is C25H31N2O4+. The number of benzene rings is 2. The molecule has 6 heteroatoms. The van der Waals surface area contributed by atoms with E-state index in [9.17, 15) is 4.79 Å². The lowest BCUT2D eigenvalue weighted by atomic mass is 9.98. The van der Waals surface area contributed by atoms with Gasteiger partial charge in [-0.3, -0.25) is 4.79 Å². The molecule has 0 saturated carbocycles. The van der Waals surface area contributed by atoms with Gasteiger partial charge in [-0.1, -0.05) is 18.2 Å². The van der Waals surface area contributed by atoms with Crippen molar-refractivity contribution in [3.05, 3.63) is 59.4 Å². The molecule has 0 saturated heterocycles. The predicted octanol–water partition coefficient (Wildman–Crippen LogP) is 3.05. The van der Waals surface area contributed by atoms with Crippen LogP contribution < -0.4 is 19.7 Å². The second kappa shape index (κ2) is 9.43. The van der Waals surface area contributed by atoms with Crippen molar-refractivity contribution < 1.29 is 23.6 Å². The number of carbonyl (C=O) groups is 1. The van der Waals surface area contributed by atoms with E-state index in [0.717, 1.165) is 47.7 Å². The first-order valence-corrected chi connectivity index (χ1v) is 11.1. The predicted molar refractivity (Wildman–Crippen MR) is 120 cm³/mol. The van der Waals surface area contributed by atoms with Gasteiger partial charge in [0.15, 0.2) is 18.0 Å². The summed E-state index contributed by atoms with van der Waals surface area (Å²) < 4.78 is 17.4. The zero-order valence-corrected chi connectivity index (χ0v) is 18.5. The van der Waals surface area contributed by atoms with Gasteiger partial charge in [-0.2, -0.15) is 0 Å². The number of para-hydroxylation sites is 1. The van der Waals surface area contributed by atoms with Gasteiger partial charge in [0.1, 0.15) is 17.9 Å². The van der Waals surface area contributed by atoms with Crippen LogP contribution in [0.4, 0.5) is 0 Å². The summed E-state index contributed by atoms with van der Waals surface area (Å²) in [6.45, 7) is 9.26. The molecule has 1 aliphatic rings. The smallest absolute Gasteiger partial charge is 0.275 e. The molecule has 164 valence electrons. The molecule has 2 atom stereocenters. The van der Waals surface area contributed by atoms with E-state index in [1.54, 1.807) is 0 Å². The van der Waals surface area contributed by atoms with Crippen LogP contribution in [0.1, 0.15) is 43.7 Å². The molecule has 0 bridgehead atoms. The Morgan fingerprint density at radius 1 is 1.10 bits per heavy atom. The first-order valence-electron chi connectivity index (χ1n) is 11.1. The monoisotopic (exact) mass is 423 g/mol. The highest BCUT2D eigenvalue weighted by Gasteiger charge is 2.25. The number of rotatable bonds is 8. The van der Waals surface area contributed by atoms with Crippen molar-refractivity contribution in [3.63, 3.8) is 0 Å². The maximum Gasteiger partial charge on any atom is 0.275 e. The van der Waals surface area contributed by atoms with E-state index in [4.69, 9.17) is 13.9 Å². The molecule has 2 aromatic carbocycles. The largest absolute Gasteiger partial charge is 0.490 e. The van der Waals surface area contributed by atoms with E-state index < -0.39 is 0 Å². The Morgan fingerprint density at radius 3 is 2.52 bits per heavy atom. The lowest BCUT2D eigenvalue weighted by Crippen LogP contribution is -3.12. The first kappa shape index (κ1) is 21.2. The fraction of sp³-hybridized carbons (Fsp3) is 0.400. The molecule has 6 nitrogen and oxygen atoms in total. The minimum atomic E-state index is -0.172. The van der Waals surface area contributed by atoms with E-state index in [1.165, 1.54) is 16.0 Å². The second-order valence-corrected chi connectivity index (χ2v) is 8.01. The Balaban J connectivity index is 1.39. The van der Waals surface area contributed by atoms with E-state index in [2.05, 4.69) is 17.4 Å². The molecule has 1 amide bonds. The molecule has 4 rings (SSSR count). The van der Waals surface area contributed by atoms with Gasteiger partial charge in [-0.25, -0.2) is 0 Å². The Kier molecular flexibility index (Phi) is 6.47. The van der Waals surface area contributed by atoms with Crippen molar-refractivity contribution in [1.29, 1.82) is 0 Å². The zero-order valence-electron chi connectivity index (χ0n) is 18.5. The number of fused-ring (bicyclic) bond motifs is 2. The first-order chi connectivity index (χ1) is 15.1. The third-order valence-electron chi connectivity index (χ3n) is 5.71. The van der Waals surface area contributed by atoms with E-state index in [0.29, 0.717) is 19.8 Å². The summed E-state index contributed by atoms with van der Waals surface area (Å²) in [5.74, 6) is 2.40. The number of nitrogens with one attached hydrogen (secondary N) is 2. The van der Waals surface area contributed by atoms with Crippen LogP contribution in [0.2, 0.25) is 0 Å². The molecule has 0 fully saturated rings. The second-order valence-electron chi connectivity index (χ2n) is 8.01. The Bertz CT molecular complexity index is 1030. The number of amides is 1. The van der Waals surface area contributed by atoms with Crippen LogP contribution in [-0.4, -0.2) is 32.2 Å². The molecule has 0 radical (unpaired) electrons. The quantitative estimate of drug-likeness (QED) is 0.585. The number of carbonyl (C=O) groups excluding carboxylic acids is 1.